The lowest BCUT2D eigenvalue weighted by Crippen LogP contribution is -2.26. The molecule has 1 aliphatic carbocycles. The van der Waals surface area contributed by atoms with Crippen molar-refractivity contribution in [3.8, 4) is 18.2 Å². The Morgan fingerprint density at radius 2 is 1.76 bits per heavy atom. The molecule has 5 rings (SSSR count). The Bertz CT molecular complexity index is 1790. The largest absolute Gasteiger partial charge is 0.383 e. The van der Waals surface area contributed by atoms with Crippen LogP contribution in [0.3, 0.4) is 0 Å². The number of rotatable bonds is 8. The number of nitrogens with zero attached hydrogens (tertiary/aromatic N) is 7. The highest BCUT2D eigenvalue weighted by Gasteiger charge is 2.54. The summed E-state index contributed by atoms with van der Waals surface area (Å²) >= 11 is 0. The van der Waals surface area contributed by atoms with Crippen LogP contribution >= 0.6 is 0 Å². The minimum Gasteiger partial charge on any atom is -0.383 e. The molecule has 2 heterocycles. The number of nitriles is 3. The number of nitrogens with one attached hydrogen (secondary N) is 2. The van der Waals surface area contributed by atoms with E-state index in [1.165, 1.54) is 17.1 Å². The van der Waals surface area contributed by atoms with Crippen LogP contribution in [0, 0.1) is 46.3 Å². The van der Waals surface area contributed by atoms with Gasteiger partial charge in [0.05, 0.1) is 46.2 Å². The number of hydrogen-bond acceptors (Lipinski definition) is 8. The molecule has 1 aliphatic rings. The van der Waals surface area contributed by atoms with Crippen molar-refractivity contribution in [2.75, 3.05) is 17.2 Å². The molecule has 1 saturated carbocycles. The molecule has 2 aromatic heterocycles. The van der Waals surface area contributed by atoms with Gasteiger partial charge in [-0.3, -0.25) is 4.98 Å². The Labute approximate surface area is 242 Å². The topological polar surface area (TPSA) is 139 Å². The Morgan fingerprint density at radius 3 is 2.38 bits per heavy atom. The van der Waals surface area contributed by atoms with Crippen molar-refractivity contribution in [1.82, 2.24) is 20.0 Å². The summed E-state index contributed by atoms with van der Waals surface area (Å²) in [4.78, 5) is 4.41. The first-order valence-electron chi connectivity index (χ1n) is 13.5. The van der Waals surface area contributed by atoms with Gasteiger partial charge in [-0.2, -0.15) is 15.8 Å². The standard InChI is InChI=1S/C31H29F2N9/c1-18-19(12-34)6-5-7-23(18)28(25-16-42(41-40-25)31(8-9-31)29(32)33)39-22-10-20(13-35)26-24(11-22)27(21(14-36)15-37-26)38-17-30(2,3)4/h5-7,10-11,15-16,28-29,39H,8-9,17H2,1-4H3,(H,37,38)/t28-/m0/s1. The van der Waals surface area contributed by atoms with Gasteiger partial charge in [0.1, 0.15) is 23.4 Å². The second kappa shape index (κ2) is 10.7. The van der Waals surface area contributed by atoms with Gasteiger partial charge in [0.15, 0.2) is 0 Å². The SMILES string of the molecule is Cc1c(C#N)cccc1[C@H](Nc1cc(C#N)c2ncc(C#N)c(NCC(C)(C)C)c2c1)c1cn(C2(C(F)F)CC2)nn1. The van der Waals surface area contributed by atoms with Crippen molar-refractivity contribution in [2.45, 2.75) is 58.5 Å². The van der Waals surface area contributed by atoms with Crippen LogP contribution in [0.5, 0.6) is 0 Å². The first-order chi connectivity index (χ1) is 20.0. The summed E-state index contributed by atoms with van der Waals surface area (Å²) in [5.74, 6) is 0. The quantitative estimate of drug-likeness (QED) is 0.259. The molecular weight excluding hydrogens is 536 g/mol. The summed E-state index contributed by atoms with van der Waals surface area (Å²) in [6, 6.07) is 14.6. The first kappa shape index (κ1) is 28.4. The molecule has 0 aliphatic heterocycles. The van der Waals surface area contributed by atoms with Crippen molar-refractivity contribution in [2.24, 2.45) is 5.41 Å². The third-order valence-electron chi connectivity index (χ3n) is 7.56. The van der Waals surface area contributed by atoms with E-state index in [4.69, 9.17) is 0 Å². The molecule has 0 amide bonds. The molecule has 42 heavy (non-hydrogen) atoms. The molecule has 2 N–H and O–H groups in total. The van der Waals surface area contributed by atoms with Crippen LogP contribution in [0.25, 0.3) is 10.9 Å². The summed E-state index contributed by atoms with van der Waals surface area (Å²) in [7, 11) is 0. The Morgan fingerprint density at radius 1 is 1.05 bits per heavy atom. The van der Waals surface area contributed by atoms with Crippen LogP contribution in [0.2, 0.25) is 0 Å². The van der Waals surface area contributed by atoms with Crippen molar-refractivity contribution in [1.29, 1.82) is 15.8 Å². The third kappa shape index (κ3) is 5.20. The second-order valence-corrected chi connectivity index (χ2v) is 11.8. The predicted octanol–water partition coefficient (Wildman–Crippen LogP) is 6.16. The molecule has 1 fully saturated rings. The number of halogens is 2. The van der Waals surface area contributed by atoms with Gasteiger partial charge in [-0.15, -0.1) is 5.10 Å². The molecule has 0 radical (unpaired) electrons. The summed E-state index contributed by atoms with van der Waals surface area (Å²) < 4.78 is 29.0. The molecule has 212 valence electrons. The number of benzene rings is 2. The zero-order chi connectivity index (χ0) is 30.2. The molecule has 0 saturated heterocycles. The molecule has 11 heteroatoms. The van der Waals surface area contributed by atoms with E-state index >= 15 is 0 Å². The van der Waals surface area contributed by atoms with E-state index in [0.29, 0.717) is 69.6 Å². The number of anilines is 2. The summed E-state index contributed by atoms with van der Waals surface area (Å²) in [6.45, 7) is 8.58. The number of hydrogen-bond donors (Lipinski definition) is 2. The molecular formula is C31H29F2N9. The van der Waals surface area contributed by atoms with Gasteiger partial charge in [0.25, 0.3) is 6.43 Å². The molecule has 1 atom stereocenters. The molecule has 4 aromatic rings. The van der Waals surface area contributed by atoms with Gasteiger partial charge in [0, 0.05) is 23.8 Å². The number of fused-ring (bicyclic) bond motifs is 1. The summed E-state index contributed by atoms with van der Waals surface area (Å²) in [5.41, 5.74) is 2.96. The lowest BCUT2D eigenvalue weighted by molar-refractivity contribution is 0.0593. The predicted molar refractivity (Wildman–Crippen MR) is 154 cm³/mol. The Balaban J connectivity index is 1.66. The maximum absolute atomic E-state index is 13.9. The van der Waals surface area contributed by atoms with E-state index in [-0.39, 0.29) is 11.0 Å². The van der Waals surface area contributed by atoms with E-state index in [1.54, 1.807) is 24.3 Å². The fourth-order valence-corrected chi connectivity index (χ4v) is 4.97. The van der Waals surface area contributed by atoms with Crippen LogP contribution in [0.15, 0.2) is 42.7 Å². The highest BCUT2D eigenvalue weighted by Crippen LogP contribution is 2.48. The molecule has 0 bridgehead atoms. The molecule has 9 nitrogen and oxygen atoms in total. The van der Waals surface area contributed by atoms with E-state index in [0.717, 1.165) is 0 Å². The van der Waals surface area contributed by atoms with E-state index in [1.807, 2.05) is 13.0 Å². The van der Waals surface area contributed by atoms with Crippen molar-refractivity contribution in [3.63, 3.8) is 0 Å². The van der Waals surface area contributed by atoms with Crippen LogP contribution in [0.4, 0.5) is 20.2 Å². The number of alkyl halides is 2. The fourth-order valence-electron chi connectivity index (χ4n) is 4.97. The van der Waals surface area contributed by atoms with Gasteiger partial charge < -0.3 is 10.6 Å². The normalized spacial score (nSPS) is 14.6. The second-order valence-electron chi connectivity index (χ2n) is 11.8. The minimum absolute atomic E-state index is 0.0897. The van der Waals surface area contributed by atoms with Gasteiger partial charge in [-0.1, -0.05) is 38.1 Å². The first-order valence-corrected chi connectivity index (χ1v) is 13.5. The Hall–Kier alpha value is -5.08. The van der Waals surface area contributed by atoms with Crippen molar-refractivity contribution >= 4 is 22.3 Å². The maximum atomic E-state index is 13.9. The van der Waals surface area contributed by atoms with E-state index < -0.39 is 18.0 Å². The van der Waals surface area contributed by atoms with Crippen LogP contribution in [-0.4, -0.2) is 32.9 Å². The van der Waals surface area contributed by atoms with Gasteiger partial charge in [-0.25, -0.2) is 13.5 Å². The molecule has 2 aromatic carbocycles. The highest BCUT2D eigenvalue weighted by atomic mass is 19.3. The highest BCUT2D eigenvalue weighted by molar-refractivity contribution is 5.99. The lowest BCUT2D eigenvalue weighted by atomic mass is 9.94. The summed E-state index contributed by atoms with van der Waals surface area (Å²) in [5, 5.41) is 45.3. The van der Waals surface area contributed by atoms with E-state index in [2.05, 4.69) is 64.9 Å². The fraction of sp³-hybridized carbons (Fsp3) is 0.355. The number of aromatic nitrogens is 4. The van der Waals surface area contributed by atoms with Crippen LogP contribution in [-0.2, 0) is 5.54 Å². The number of pyridine rings is 1. The maximum Gasteiger partial charge on any atom is 0.263 e. The zero-order valence-corrected chi connectivity index (χ0v) is 23.7. The third-order valence-corrected chi connectivity index (χ3v) is 7.56. The summed E-state index contributed by atoms with van der Waals surface area (Å²) in [6.07, 6.45) is 1.01. The van der Waals surface area contributed by atoms with Crippen molar-refractivity contribution in [3.05, 3.63) is 76.2 Å². The average molecular weight is 566 g/mol. The van der Waals surface area contributed by atoms with Gasteiger partial charge >= 0.3 is 0 Å². The Kier molecular flexibility index (Phi) is 7.26. The lowest BCUT2D eigenvalue weighted by Gasteiger charge is -2.23. The minimum atomic E-state index is -2.58. The average Bonchev–Trinajstić information content (AvgIpc) is 3.64. The smallest absolute Gasteiger partial charge is 0.263 e. The van der Waals surface area contributed by atoms with Crippen molar-refractivity contribution < 1.29 is 8.78 Å². The van der Waals surface area contributed by atoms with E-state index in [9.17, 15) is 24.6 Å². The van der Waals surface area contributed by atoms with Gasteiger partial charge in [-0.05, 0) is 54.5 Å². The van der Waals surface area contributed by atoms with Gasteiger partial charge in [0.2, 0.25) is 0 Å². The molecule has 0 unspecified atom stereocenters. The monoisotopic (exact) mass is 565 g/mol. The van der Waals surface area contributed by atoms with Crippen LogP contribution in [0.1, 0.15) is 73.2 Å². The molecule has 0 spiro atoms. The van der Waals surface area contributed by atoms with Crippen LogP contribution < -0.4 is 10.6 Å². The zero-order valence-electron chi connectivity index (χ0n) is 23.7.